The largest absolute Gasteiger partial charge is 0.282 e. The van der Waals surface area contributed by atoms with Crippen LogP contribution in [0.4, 0.5) is 0 Å². The van der Waals surface area contributed by atoms with E-state index in [4.69, 9.17) is 0 Å². The fourth-order valence-electron chi connectivity index (χ4n) is 1.69. The van der Waals surface area contributed by atoms with Crippen LogP contribution in [0.1, 0.15) is 24.9 Å². The average molecular weight is 294 g/mol. The van der Waals surface area contributed by atoms with Crippen molar-refractivity contribution in [1.29, 1.82) is 0 Å². The number of H-pyrrole nitrogens is 1. The highest BCUT2D eigenvalue weighted by Crippen LogP contribution is 2.25. The molecule has 0 saturated carbocycles. The fraction of sp³-hybridized carbons (Fsp3) is 0.455. The first-order chi connectivity index (χ1) is 9.28. The van der Waals surface area contributed by atoms with Gasteiger partial charge in [-0.25, -0.2) is 0 Å². The minimum absolute atomic E-state index is 0.822. The highest BCUT2D eigenvalue weighted by atomic mass is 32.2. The second-order valence-corrected chi connectivity index (χ2v) is 6.27. The Morgan fingerprint density at radius 2 is 2.32 bits per heavy atom. The number of fused-ring (bicyclic) bond motifs is 1. The number of aromatic nitrogens is 6. The Morgan fingerprint density at radius 1 is 1.42 bits per heavy atom. The molecule has 0 aliphatic rings. The van der Waals surface area contributed by atoms with Crippen LogP contribution in [0.25, 0.3) is 15.7 Å². The highest BCUT2D eigenvalue weighted by molar-refractivity contribution is 7.98. The van der Waals surface area contributed by atoms with Crippen LogP contribution in [0.3, 0.4) is 0 Å². The molecule has 0 radical (unpaired) electrons. The van der Waals surface area contributed by atoms with Gasteiger partial charge in [-0.15, -0.1) is 10.2 Å². The van der Waals surface area contributed by atoms with Crippen molar-refractivity contribution in [3.05, 3.63) is 17.6 Å². The van der Waals surface area contributed by atoms with Gasteiger partial charge in [-0.3, -0.25) is 5.10 Å². The Labute approximate surface area is 118 Å². The number of nitrogens with one attached hydrogen (secondary N) is 1. The van der Waals surface area contributed by atoms with Crippen molar-refractivity contribution in [3.8, 4) is 10.7 Å². The summed E-state index contributed by atoms with van der Waals surface area (Å²) >= 11 is 3.36. The number of nitrogens with zero attached hydrogens (tertiary/aromatic N) is 5. The van der Waals surface area contributed by atoms with E-state index in [9.17, 15) is 0 Å². The smallest absolute Gasteiger partial charge is 0.235 e. The summed E-state index contributed by atoms with van der Waals surface area (Å²) in [6.45, 7) is 4.15. The molecule has 0 fully saturated rings. The molecule has 0 amide bonds. The molecule has 3 aromatic heterocycles. The second-order valence-electron chi connectivity index (χ2n) is 4.21. The van der Waals surface area contributed by atoms with E-state index < -0.39 is 0 Å². The minimum Gasteiger partial charge on any atom is -0.282 e. The molecule has 3 rings (SSSR count). The van der Waals surface area contributed by atoms with E-state index in [1.165, 1.54) is 17.8 Å². The zero-order chi connectivity index (χ0) is 13.2. The van der Waals surface area contributed by atoms with Gasteiger partial charge in [0.15, 0.2) is 10.8 Å². The monoisotopic (exact) mass is 294 g/mol. The molecule has 0 aliphatic carbocycles. The first kappa shape index (κ1) is 12.6. The summed E-state index contributed by atoms with van der Waals surface area (Å²) in [6.07, 6.45) is 1.17. The second kappa shape index (κ2) is 5.30. The summed E-state index contributed by atoms with van der Waals surface area (Å²) in [7, 11) is 0. The van der Waals surface area contributed by atoms with Crippen LogP contribution in [-0.2, 0) is 5.75 Å². The van der Waals surface area contributed by atoms with E-state index in [0.29, 0.717) is 0 Å². The normalized spacial score (nSPS) is 11.5. The Balaban J connectivity index is 1.89. The van der Waals surface area contributed by atoms with Gasteiger partial charge in [0.1, 0.15) is 5.69 Å². The molecule has 0 saturated heterocycles. The van der Waals surface area contributed by atoms with Crippen LogP contribution in [0.15, 0.2) is 6.07 Å². The molecule has 100 valence electrons. The summed E-state index contributed by atoms with van der Waals surface area (Å²) in [5.41, 5.74) is 1.89. The fourth-order valence-corrected chi connectivity index (χ4v) is 3.30. The third kappa shape index (κ3) is 2.50. The van der Waals surface area contributed by atoms with Gasteiger partial charge < -0.3 is 0 Å². The van der Waals surface area contributed by atoms with E-state index in [-0.39, 0.29) is 0 Å². The standard InChI is InChI=1S/C11H14N6S2/c1-3-4-18-6-9-14-15-11-17(9)16-10(19-11)8-5-7(2)12-13-8/h5H,3-4,6H2,1-2H3,(H,12,13). The van der Waals surface area contributed by atoms with Gasteiger partial charge in [-0.05, 0) is 25.2 Å². The molecule has 0 bridgehead atoms. The molecule has 0 aromatic carbocycles. The molecule has 1 N–H and O–H groups in total. The van der Waals surface area contributed by atoms with Crippen LogP contribution in [-0.4, -0.2) is 35.8 Å². The predicted molar refractivity (Wildman–Crippen MR) is 77.4 cm³/mol. The third-order valence-electron chi connectivity index (χ3n) is 2.56. The number of hydrogen-bond donors (Lipinski definition) is 1. The molecule has 0 spiro atoms. The number of hydrogen-bond acceptors (Lipinski definition) is 6. The molecule has 3 heterocycles. The van der Waals surface area contributed by atoms with Gasteiger partial charge in [0, 0.05) is 5.69 Å². The van der Waals surface area contributed by atoms with Crippen LogP contribution in [0.2, 0.25) is 0 Å². The molecule has 3 aromatic rings. The lowest BCUT2D eigenvalue weighted by molar-refractivity contribution is 0.884. The number of thioether (sulfide) groups is 1. The van der Waals surface area contributed by atoms with Gasteiger partial charge in [-0.2, -0.15) is 26.5 Å². The van der Waals surface area contributed by atoms with E-state index in [1.54, 1.807) is 0 Å². The van der Waals surface area contributed by atoms with E-state index in [0.717, 1.165) is 38.7 Å². The highest BCUT2D eigenvalue weighted by Gasteiger charge is 2.14. The lowest BCUT2D eigenvalue weighted by Gasteiger charge is -1.95. The Kier molecular flexibility index (Phi) is 3.52. The topological polar surface area (TPSA) is 71.8 Å². The Bertz CT molecular complexity index is 682. The van der Waals surface area contributed by atoms with E-state index >= 15 is 0 Å². The molecule has 8 heteroatoms. The predicted octanol–water partition coefficient (Wildman–Crippen LogP) is 2.53. The Hall–Kier alpha value is -1.41. The number of rotatable bonds is 5. The molecule has 19 heavy (non-hydrogen) atoms. The maximum Gasteiger partial charge on any atom is 0.235 e. The first-order valence-corrected chi connectivity index (χ1v) is 8.06. The van der Waals surface area contributed by atoms with Gasteiger partial charge >= 0.3 is 0 Å². The summed E-state index contributed by atoms with van der Waals surface area (Å²) in [5.74, 6) is 2.88. The molecule has 0 atom stereocenters. The molecule has 0 unspecified atom stereocenters. The van der Waals surface area contributed by atoms with E-state index in [2.05, 4.69) is 32.4 Å². The van der Waals surface area contributed by atoms with Crippen LogP contribution in [0, 0.1) is 6.92 Å². The molecular formula is C11H14N6S2. The zero-order valence-corrected chi connectivity index (χ0v) is 12.4. The first-order valence-electron chi connectivity index (χ1n) is 6.09. The van der Waals surface area contributed by atoms with Crippen molar-refractivity contribution < 1.29 is 0 Å². The van der Waals surface area contributed by atoms with Crippen molar-refractivity contribution >= 4 is 28.1 Å². The van der Waals surface area contributed by atoms with Crippen LogP contribution in [0.5, 0.6) is 0 Å². The van der Waals surface area contributed by atoms with Crippen LogP contribution < -0.4 is 0 Å². The third-order valence-corrected chi connectivity index (χ3v) is 4.64. The zero-order valence-electron chi connectivity index (χ0n) is 10.8. The number of aromatic amines is 1. The van der Waals surface area contributed by atoms with E-state index in [1.807, 2.05) is 29.3 Å². The lowest BCUT2D eigenvalue weighted by atomic mass is 10.4. The Morgan fingerprint density at radius 3 is 3.05 bits per heavy atom. The maximum atomic E-state index is 4.55. The van der Waals surface area contributed by atoms with Gasteiger partial charge in [0.2, 0.25) is 4.96 Å². The van der Waals surface area contributed by atoms with Crippen molar-refractivity contribution in [2.24, 2.45) is 0 Å². The SMILES string of the molecule is CCCSCc1nnc2sc(-c3cc(C)[nH]n3)nn12. The summed E-state index contributed by atoms with van der Waals surface area (Å²) in [4.78, 5) is 0.822. The number of aryl methyl sites for hydroxylation is 1. The van der Waals surface area contributed by atoms with Crippen molar-refractivity contribution in [1.82, 2.24) is 30.0 Å². The summed E-state index contributed by atoms with van der Waals surface area (Å²) < 4.78 is 1.83. The maximum absolute atomic E-state index is 4.55. The average Bonchev–Trinajstić information content (AvgIpc) is 3.05. The van der Waals surface area contributed by atoms with Crippen molar-refractivity contribution in [3.63, 3.8) is 0 Å². The van der Waals surface area contributed by atoms with Gasteiger partial charge in [0.25, 0.3) is 0 Å². The van der Waals surface area contributed by atoms with Crippen LogP contribution >= 0.6 is 23.1 Å². The van der Waals surface area contributed by atoms with Crippen molar-refractivity contribution in [2.45, 2.75) is 26.0 Å². The van der Waals surface area contributed by atoms with Gasteiger partial charge in [0.05, 0.1) is 5.75 Å². The van der Waals surface area contributed by atoms with Crippen molar-refractivity contribution in [2.75, 3.05) is 5.75 Å². The minimum atomic E-state index is 0.822. The molecule has 0 aliphatic heterocycles. The summed E-state index contributed by atoms with van der Waals surface area (Å²) in [5, 5.41) is 20.9. The molecule has 6 nitrogen and oxygen atoms in total. The molecular weight excluding hydrogens is 280 g/mol. The summed E-state index contributed by atoms with van der Waals surface area (Å²) in [6, 6.07) is 1.98. The lowest BCUT2D eigenvalue weighted by Crippen LogP contribution is -1.94. The van der Waals surface area contributed by atoms with Gasteiger partial charge in [-0.1, -0.05) is 18.3 Å². The quantitative estimate of drug-likeness (QED) is 0.732.